The molecule has 0 spiro atoms. The van der Waals surface area contributed by atoms with Gasteiger partial charge in [-0.1, -0.05) is 6.07 Å². The molecule has 1 rings (SSSR count). The van der Waals surface area contributed by atoms with Gasteiger partial charge in [0.15, 0.2) is 17.5 Å². The second kappa shape index (κ2) is 14.7. The minimum Gasteiger partial charge on any atom is -0.493 e. The minimum atomic E-state index is 0. The van der Waals surface area contributed by atoms with Crippen molar-refractivity contribution in [2.45, 2.75) is 19.8 Å². The highest BCUT2D eigenvalue weighted by Crippen LogP contribution is 2.39. The molecule has 1 aromatic rings. The summed E-state index contributed by atoms with van der Waals surface area (Å²) in [5, 5.41) is 6.57. The summed E-state index contributed by atoms with van der Waals surface area (Å²) in [7, 11) is 6.55. The van der Waals surface area contributed by atoms with Crippen LogP contribution in [-0.4, -0.2) is 60.6 Å². The first kappa shape index (κ1) is 24.6. The van der Waals surface area contributed by atoms with Crippen molar-refractivity contribution < 1.29 is 18.9 Å². The summed E-state index contributed by atoms with van der Waals surface area (Å²) in [6.45, 7) is 5.02. The van der Waals surface area contributed by atoms with E-state index in [1.807, 2.05) is 19.1 Å². The summed E-state index contributed by atoms with van der Waals surface area (Å²) < 4.78 is 21.3. The van der Waals surface area contributed by atoms with Gasteiger partial charge in [0.2, 0.25) is 5.75 Å². The fourth-order valence-corrected chi connectivity index (χ4v) is 2.42. The summed E-state index contributed by atoms with van der Waals surface area (Å²) >= 11 is 0. The monoisotopic (exact) mass is 481 g/mol. The van der Waals surface area contributed by atoms with Gasteiger partial charge in [0.05, 0.1) is 21.3 Å². The van der Waals surface area contributed by atoms with Crippen LogP contribution >= 0.6 is 24.0 Å². The van der Waals surface area contributed by atoms with E-state index >= 15 is 0 Å². The third-order valence-corrected chi connectivity index (χ3v) is 3.59. The van der Waals surface area contributed by atoms with Crippen molar-refractivity contribution in [1.29, 1.82) is 0 Å². The average molecular weight is 481 g/mol. The summed E-state index contributed by atoms with van der Waals surface area (Å²) in [5.41, 5.74) is 1.04. The topological polar surface area (TPSA) is 73.3 Å². The molecule has 1 aromatic carbocycles. The largest absolute Gasteiger partial charge is 0.493 e. The van der Waals surface area contributed by atoms with Crippen molar-refractivity contribution in [2.75, 3.05) is 54.7 Å². The van der Waals surface area contributed by atoms with Crippen LogP contribution < -0.4 is 24.8 Å². The lowest BCUT2D eigenvalue weighted by Gasteiger charge is -2.16. The Morgan fingerprint density at radius 3 is 2.31 bits per heavy atom. The lowest BCUT2D eigenvalue weighted by molar-refractivity contribution is 0.197. The lowest BCUT2D eigenvalue weighted by Crippen LogP contribution is -2.38. The zero-order valence-corrected chi connectivity index (χ0v) is 18.7. The molecule has 0 atom stereocenters. The van der Waals surface area contributed by atoms with E-state index in [2.05, 4.69) is 15.6 Å². The van der Waals surface area contributed by atoms with Gasteiger partial charge in [-0.15, -0.1) is 24.0 Å². The highest BCUT2D eigenvalue weighted by Gasteiger charge is 2.15. The van der Waals surface area contributed by atoms with Crippen LogP contribution in [0.15, 0.2) is 17.1 Å². The summed E-state index contributed by atoms with van der Waals surface area (Å²) in [6.07, 6.45) is 1.67. The number of halogens is 1. The van der Waals surface area contributed by atoms with Gasteiger partial charge in [-0.2, -0.15) is 0 Å². The lowest BCUT2D eigenvalue weighted by atomic mass is 10.1. The average Bonchev–Trinajstić information content (AvgIpc) is 2.64. The molecule has 8 heteroatoms. The van der Waals surface area contributed by atoms with Crippen LogP contribution in [0.3, 0.4) is 0 Å². The van der Waals surface area contributed by atoms with Crippen molar-refractivity contribution in [3.8, 4) is 17.2 Å². The molecule has 0 aliphatic rings. The van der Waals surface area contributed by atoms with E-state index in [0.717, 1.165) is 44.0 Å². The van der Waals surface area contributed by atoms with Crippen LogP contribution in [0.1, 0.15) is 18.9 Å². The smallest absolute Gasteiger partial charge is 0.203 e. The molecule has 150 valence electrons. The van der Waals surface area contributed by atoms with Crippen molar-refractivity contribution >= 4 is 29.9 Å². The minimum absolute atomic E-state index is 0. The van der Waals surface area contributed by atoms with Gasteiger partial charge in [0.25, 0.3) is 0 Å². The number of hydrogen-bond donors (Lipinski definition) is 2. The maximum absolute atomic E-state index is 5.51. The SMILES string of the molecule is CCNC(=NCCCOC)NCCc1ccc(OC)c(OC)c1OC.I. The third kappa shape index (κ3) is 7.86. The second-order valence-corrected chi connectivity index (χ2v) is 5.28. The van der Waals surface area contributed by atoms with Crippen LogP contribution in [0.5, 0.6) is 17.2 Å². The molecule has 26 heavy (non-hydrogen) atoms. The van der Waals surface area contributed by atoms with Crippen molar-refractivity contribution in [1.82, 2.24) is 10.6 Å². The number of rotatable bonds is 11. The first-order chi connectivity index (χ1) is 12.2. The Hall–Kier alpha value is -1.42. The maximum Gasteiger partial charge on any atom is 0.203 e. The molecular formula is C18H32IN3O4. The van der Waals surface area contributed by atoms with Crippen molar-refractivity contribution in [3.05, 3.63) is 17.7 Å². The molecule has 0 saturated heterocycles. The normalized spacial score (nSPS) is 10.7. The van der Waals surface area contributed by atoms with Gasteiger partial charge >= 0.3 is 0 Å². The van der Waals surface area contributed by atoms with E-state index in [9.17, 15) is 0 Å². The first-order valence-electron chi connectivity index (χ1n) is 8.50. The zero-order valence-electron chi connectivity index (χ0n) is 16.4. The number of guanidine groups is 1. The van der Waals surface area contributed by atoms with Crippen molar-refractivity contribution in [3.63, 3.8) is 0 Å². The Morgan fingerprint density at radius 1 is 1.00 bits per heavy atom. The van der Waals surface area contributed by atoms with Crippen LogP contribution in [-0.2, 0) is 11.2 Å². The molecule has 0 bridgehead atoms. The van der Waals surface area contributed by atoms with Gasteiger partial charge in [0.1, 0.15) is 0 Å². The van der Waals surface area contributed by atoms with E-state index in [0.29, 0.717) is 23.9 Å². The molecule has 0 radical (unpaired) electrons. The van der Waals surface area contributed by atoms with Gasteiger partial charge in [-0.3, -0.25) is 4.99 Å². The molecule has 0 aliphatic carbocycles. The molecule has 0 aliphatic heterocycles. The van der Waals surface area contributed by atoms with E-state index in [1.165, 1.54) is 0 Å². The second-order valence-electron chi connectivity index (χ2n) is 5.28. The number of nitrogens with one attached hydrogen (secondary N) is 2. The third-order valence-electron chi connectivity index (χ3n) is 3.59. The van der Waals surface area contributed by atoms with Gasteiger partial charge < -0.3 is 29.6 Å². The number of benzene rings is 1. The number of aliphatic imine (C=N–C) groups is 1. The fourth-order valence-electron chi connectivity index (χ4n) is 2.42. The number of hydrogen-bond acceptors (Lipinski definition) is 5. The van der Waals surface area contributed by atoms with Crippen LogP contribution in [0.4, 0.5) is 0 Å². The Bertz CT molecular complexity index is 541. The van der Waals surface area contributed by atoms with Crippen LogP contribution in [0, 0.1) is 0 Å². The molecule has 0 saturated carbocycles. The quantitative estimate of drug-likeness (QED) is 0.219. The predicted molar refractivity (Wildman–Crippen MR) is 116 cm³/mol. The fraction of sp³-hybridized carbons (Fsp3) is 0.611. The summed E-state index contributed by atoms with van der Waals surface area (Å²) in [5.74, 6) is 2.77. The summed E-state index contributed by atoms with van der Waals surface area (Å²) in [6, 6.07) is 3.88. The standard InChI is InChI=1S/C18H31N3O4.HI/c1-6-19-18(20-11-7-13-22-2)21-12-10-14-8-9-15(23-3)17(25-5)16(14)24-4;/h8-9H,6-7,10-13H2,1-5H3,(H2,19,20,21);1H. The number of nitrogens with zero attached hydrogens (tertiary/aromatic N) is 1. The zero-order chi connectivity index (χ0) is 18.5. The first-order valence-corrected chi connectivity index (χ1v) is 8.50. The van der Waals surface area contributed by atoms with E-state index < -0.39 is 0 Å². The van der Waals surface area contributed by atoms with Gasteiger partial charge in [0, 0.05) is 38.9 Å². The molecule has 2 N–H and O–H groups in total. The molecule has 7 nitrogen and oxygen atoms in total. The Balaban J connectivity index is 0.00000625. The molecule has 0 unspecified atom stereocenters. The van der Waals surface area contributed by atoms with E-state index in [1.54, 1.807) is 28.4 Å². The highest BCUT2D eigenvalue weighted by molar-refractivity contribution is 14.0. The number of ether oxygens (including phenoxy) is 4. The maximum atomic E-state index is 5.51. The predicted octanol–water partition coefficient (Wildman–Crippen LogP) is 2.46. The molecule has 0 heterocycles. The molecule has 0 fully saturated rings. The van der Waals surface area contributed by atoms with Gasteiger partial charge in [-0.25, -0.2) is 0 Å². The highest BCUT2D eigenvalue weighted by atomic mass is 127. The van der Waals surface area contributed by atoms with Crippen LogP contribution in [0.25, 0.3) is 0 Å². The summed E-state index contributed by atoms with van der Waals surface area (Å²) in [4.78, 5) is 4.52. The number of methoxy groups -OCH3 is 4. The van der Waals surface area contributed by atoms with Crippen LogP contribution in [0.2, 0.25) is 0 Å². The Labute approximate surface area is 173 Å². The van der Waals surface area contributed by atoms with Gasteiger partial charge in [-0.05, 0) is 25.8 Å². The Morgan fingerprint density at radius 2 is 1.73 bits per heavy atom. The van der Waals surface area contributed by atoms with E-state index in [4.69, 9.17) is 18.9 Å². The Kier molecular flexibility index (Phi) is 13.9. The molecule has 0 aromatic heterocycles. The van der Waals surface area contributed by atoms with E-state index in [-0.39, 0.29) is 24.0 Å². The molecular weight excluding hydrogens is 449 g/mol. The van der Waals surface area contributed by atoms with Crippen molar-refractivity contribution in [2.24, 2.45) is 4.99 Å². The molecule has 0 amide bonds.